The van der Waals surface area contributed by atoms with Crippen LogP contribution in [0.15, 0.2) is 43.2 Å². The molecule has 0 amide bonds. The van der Waals surface area contributed by atoms with E-state index in [0.717, 1.165) is 11.3 Å². The van der Waals surface area contributed by atoms with Gasteiger partial charge in [-0.2, -0.15) is 10.2 Å². The summed E-state index contributed by atoms with van der Waals surface area (Å²) in [5, 5.41) is 19.1. The van der Waals surface area contributed by atoms with Crippen LogP contribution >= 0.6 is 0 Å². The Labute approximate surface area is 125 Å². The number of aromatic nitrogens is 7. The number of aromatic amines is 1. The number of nitrogens with zero attached hydrogens (tertiary/aromatic N) is 6. The Kier molecular flexibility index (Phi) is 2.76. The van der Waals surface area contributed by atoms with Gasteiger partial charge in [0, 0.05) is 18.8 Å². The van der Waals surface area contributed by atoms with Crippen LogP contribution in [0.5, 0.6) is 0 Å². The van der Waals surface area contributed by atoms with E-state index in [1.165, 1.54) is 6.33 Å². The molecule has 0 aromatic carbocycles. The molecule has 0 saturated carbocycles. The van der Waals surface area contributed by atoms with E-state index in [0.29, 0.717) is 17.0 Å². The van der Waals surface area contributed by atoms with Crippen LogP contribution < -0.4 is 0 Å². The van der Waals surface area contributed by atoms with E-state index in [-0.39, 0.29) is 0 Å². The number of nitrogens with one attached hydrogen (secondary N) is 1. The Balaban J connectivity index is 1.83. The molecule has 0 radical (unpaired) electrons. The molecule has 4 heterocycles. The smallest absolute Gasteiger partial charge is 0.153 e. The van der Waals surface area contributed by atoms with Crippen LogP contribution in [0.4, 0.5) is 0 Å². The summed E-state index contributed by atoms with van der Waals surface area (Å²) in [7, 11) is 1.85. The van der Waals surface area contributed by atoms with E-state index in [1.54, 1.807) is 27.8 Å². The van der Waals surface area contributed by atoms with Crippen molar-refractivity contribution >= 4 is 5.65 Å². The first kappa shape index (κ1) is 12.7. The van der Waals surface area contributed by atoms with Gasteiger partial charge in [-0.15, -0.1) is 0 Å². The van der Waals surface area contributed by atoms with Crippen LogP contribution in [-0.4, -0.2) is 39.5 Å². The molecule has 110 valence electrons. The highest BCUT2D eigenvalue weighted by Gasteiger charge is 2.18. The minimum absolute atomic E-state index is 0.574. The average Bonchev–Trinajstić information content (AvgIpc) is 3.26. The monoisotopic (exact) mass is 295 g/mol. The molecule has 0 aliphatic rings. The second kappa shape index (κ2) is 4.78. The molecule has 1 atom stereocenters. The van der Waals surface area contributed by atoms with E-state index in [1.807, 2.05) is 25.4 Å². The number of aliphatic hydroxyl groups excluding tert-OH is 1. The van der Waals surface area contributed by atoms with E-state index >= 15 is 0 Å². The zero-order valence-electron chi connectivity index (χ0n) is 11.7. The van der Waals surface area contributed by atoms with Crippen LogP contribution in [0.2, 0.25) is 0 Å². The number of rotatable bonds is 3. The van der Waals surface area contributed by atoms with Crippen molar-refractivity contribution in [2.75, 3.05) is 0 Å². The van der Waals surface area contributed by atoms with Crippen molar-refractivity contribution in [1.29, 1.82) is 0 Å². The third kappa shape index (κ3) is 1.97. The summed E-state index contributed by atoms with van der Waals surface area (Å²) < 4.78 is 3.35. The molecular formula is C14H13N7O. The molecule has 4 rings (SSSR count). The molecule has 1 unspecified atom stereocenters. The highest BCUT2D eigenvalue weighted by molar-refractivity contribution is 5.58. The number of hydrogen-bond acceptors (Lipinski definition) is 5. The molecule has 8 heteroatoms. The van der Waals surface area contributed by atoms with Gasteiger partial charge in [-0.1, -0.05) is 0 Å². The third-order valence-corrected chi connectivity index (χ3v) is 3.48. The van der Waals surface area contributed by atoms with Crippen molar-refractivity contribution in [3.05, 3.63) is 54.6 Å². The Bertz CT molecular complexity index is 922. The maximum absolute atomic E-state index is 10.4. The molecule has 22 heavy (non-hydrogen) atoms. The topological polar surface area (TPSA) is 96.9 Å². The predicted octanol–water partition coefficient (Wildman–Crippen LogP) is 0.935. The van der Waals surface area contributed by atoms with Crippen LogP contribution in [0.3, 0.4) is 0 Å². The standard InChI is InChI=1S/C14H13N7O/c1-20-7-9(4-18-20)10-2-3-13-16-6-12(21(13)19-10)14(22)11-5-15-8-17-11/h2-8,14,22H,1H3,(H,15,17). The maximum Gasteiger partial charge on any atom is 0.153 e. The van der Waals surface area contributed by atoms with Gasteiger partial charge < -0.3 is 10.1 Å². The minimum atomic E-state index is -0.867. The largest absolute Gasteiger partial charge is 0.380 e. The molecule has 0 saturated heterocycles. The van der Waals surface area contributed by atoms with Crippen molar-refractivity contribution in [3.63, 3.8) is 0 Å². The van der Waals surface area contributed by atoms with Crippen LogP contribution in [0.1, 0.15) is 17.5 Å². The van der Waals surface area contributed by atoms with Gasteiger partial charge in [0.05, 0.1) is 42.0 Å². The summed E-state index contributed by atoms with van der Waals surface area (Å²) in [6.07, 6.45) is 7.48. The molecular weight excluding hydrogens is 282 g/mol. The molecule has 2 N–H and O–H groups in total. The second-order valence-electron chi connectivity index (χ2n) is 4.98. The summed E-state index contributed by atoms with van der Waals surface area (Å²) in [6.45, 7) is 0. The molecule has 0 spiro atoms. The number of imidazole rings is 2. The summed E-state index contributed by atoms with van der Waals surface area (Å²) in [5.74, 6) is 0. The Hall–Kier alpha value is -3.00. The van der Waals surface area contributed by atoms with Gasteiger partial charge in [0.15, 0.2) is 5.65 Å². The van der Waals surface area contributed by atoms with E-state index < -0.39 is 6.10 Å². The van der Waals surface area contributed by atoms with Crippen molar-refractivity contribution in [2.24, 2.45) is 7.05 Å². The summed E-state index contributed by atoms with van der Waals surface area (Å²) in [5.41, 5.74) is 3.50. The molecule has 0 fully saturated rings. The molecule has 0 aliphatic heterocycles. The summed E-state index contributed by atoms with van der Waals surface area (Å²) in [6, 6.07) is 3.74. The van der Waals surface area contributed by atoms with Crippen LogP contribution in [0.25, 0.3) is 16.9 Å². The van der Waals surface area contributed by atoms with E-state index in [4.69, 9.17) is 0 Å². The normalized spacial score (nSPS) is 12.8. The lowest BCUT2D eigenvalue weighted by molar-refractivity contribution is 0.208. The average molecular weight is 295 g/mol. The van der Waals surface area contributed by atoms with Gasteiger partial charge in [-0.3, -0.25) is 4.68 Å². The van der Waals surface area contributed by atoms with Gasteiger partial charge in [0.2, 0.25) is 0 Å². The lowest BCUT2D eigenvalue weighted by Gasteiger charge is -2.08. The maximum atomic E-state index is 10.4. The zero-order valence-corrected chi connectivity index (χ0v) is 11.7. The summed E-state index contributed by atoms with van der Waals surface area (Å²) in [4.78, 5) is 11.1. The van der Waals surface area contributed by atoms with Gasteiger partial charge in [-0.25, -0.2) is 14.5 Å². The van der Waals surface area contributed by atoms with E-state index in [9.17, 15) is 5.11 Å². The highest BCUT2D eigenvalue weighted by Crippen LogP contribution is 2.22. The summed E-state index contributed by atoms with van der Waals surface area (Å²) >= 11 is 0. The quantitative estimate of drug-likeness (QED) is 0.586. The fourth-order valence-corrected chi connectivity index (χ4v) is 2.36. The van der Waals surface area contributed by atoms with Crippen LogP contribution in [-0.2, 0) is 7.05 Å². The number of H-pyrrole nitrogens is 1. The molecule has 8 nitrogen and oxygen atoms in total. The van der Waals surface area contributed by atoms with Crippen molar-refractivity contribution in [1.82, 2.24) is 34.3 Å². The Morgan fingerprint density at radius 2 is 2.14 bits per heavy atom. The van der Waals surface area contributed by atoms with Crippen molar-refractivity contribution < 1.29 is 5.11 Å². The first-order chi connectivity index (χ1) is 10.7. The van der Waals surface area contributed by atoms with Gasteiger partial charge in [0.1, 0.15) is 6.10 Å². The lowest BCUT2D eigenvalue weighted by Crippen LogP contribution is -2.06. The van der Waals surface area contributed by atoms with Crippen LogP contribution in [0, 0.1) is 0 Å². The Morgan fingerprint density at radius 3 is 2.86 bits per heavy atom. The first-order valence-corrected chi connectivity index (χ1v) is 6.72. The third-order valence-electron chi connectivity index (χ3n) is 3.48. The number of aryl methyl sites for hydroxylation is 1. The molecule has 0 aliphatic carbocycles. The van der Waals surface area contributed by atoms with E-state index in [2.05, 4.69) is 25.1 Å². The minimum Gasteiger partial charge on any atom is -0.380 e. The van der Waals surface area contributed by atoms with Gasteiger partial charge in [-0.05, 0) is 12.1 Å². The SMILES string of the molecule is Cn1cc(-c2ccc3ncc(C(O)c4cnc[nH]4)n3n2)cn1. The number of aliphatic hydroxyl groups is 1. The lowest BCUT2D eigenvalue weighted by atomic mass is 10.2. The predicted molar refractivity (Wildman–Crippen MR) is 77.8 cm³/mol. The fourth-order valence-electron chi connectivity index (χ4n) is 2.36. The number of fused-ring (bicyclic) bond motifs is 1. The van der Waals surface area contributed by atoms with Crippen molar-refractivity contribution in [3.8, 4) is 11.3 Å². The second-order valence-corrected chi connectivity index (χ2v) is 4.98. The van der Waals surface area contributed by atoms with Crippen molar-refractivity contribution in [2.45, 2.75) is 6.10 Å². The van der Waals surface area contributed by atoms with Gasteiger partial charge >= 0.3 is 0 Å². The van der Waals surface area contributed by atoms with Gasteiger partial charge in [0.25, 0.3) is 0 Å². The number of hydrogen-bond donors (Lipinski definition) is 2. The first-order valence-electron chi connectivity index (χ1n) is 6.72. The molecule has 0 bridgehead atoms. The zero-order chi connectivity index (χ0) is 15.1. The Morgan fingerprint density at radius 1 is 1.23 bits per heavy atom. The molecule has 4 aromatic rings. The highest BCUT2D eigenvalue weighted by atomic mass is 16.3. The molecule has 4 aromatic heterocycles. The fraction of sp³-hybridized carbons (Fsp3) is 0.143.